The van der Waals surface area contributed by atoms with Crippen LogP contribution in [0.4, 0.5) is 0 Å². The third-order valence-electron chi connectivity index (χ3n) is 5.17. The molecule has 0 saturated carbocycles. The zero-order valence-corrected chi connectivity index (χ0v) is 17.1. The van der Waals surface area contributed by atoms with E-state index in [2.05, 4.69) is 40.7 Å². The molecule has 0 amide bonds. The largest absolute Gasteiger partial charge is 0.497 e. The standard InChI is InChI=1S/C28H20N2O/c1-31-24-19-16-21(17-20-24)15-18-22-9-5-6-12-25(22)28-29-26-13-7-8-14-27(26)30(28)23-10-3-2-4-11-23/h2-14,16-17,19-20H,1H3. The van der Waals surface area contributed by atoms with Gasteiger partial charge in [-0.05, 0) is 60.7 Å². The molecule has 0 fully saturated rings. The van der Waals surface area contributed by atoms with Gasteiger partial charge in [-0.1, -0.05) is 54.3 Å². The van der Waals surface area contributed by atoms with E-state index >= 15 is 0 Å². The molecule has 0 spiro atoms. The molecule has 31 heavy (non-hydrogen) atoms. The molecule has 0 aliphatic heterocycles. The number of fused-ring (bicyclic) bond motifs is 1. The molecule has 0 aliphatic rings. The Bertz CT molecular complexity index is 1400. The minimum absolute atomic E-state index is 0.822. The fourth-order valence-electron chi connectivity index (χ4n) is 3.65. The zero-order valence-electron chi connectivity index (χ0n) is 17.1. The molecule has 0 saturated heterocycles. The Kier molecular flexibility index (Phi) is 4.96. The van der Waals surface area contributed by atoms with E-state index in [4.69, 9.17) is 9.72 Å². The van der Waals surface area contributed by atoms with Crippen molar-refractivity contribution in [1.29, 1.82) is 0 Å². The van der Waals surface area contributed by atoms with E-state index in [1.807, 2.05) is 78.9 Å². The average molecular weight is 400 g/mol. The highest BCUT2D eigenvalue weighted by Gasteiger charge is 2.15. The second-order valence-corrected chi connectivity index (χ2v) is 7.12. The van der Waals surface area contributed by atoms with Crippen LogP contribution in [0.2, 0.25) is 0 Å². The lowest BCUT2D eigenvalue weighted by Gasteiger charge is -2.10. The SMILES string of the molecule is COc1ccc(C#Cc2ccccc2-c2nc3ccccc3n2-c2ccccc2)cc1. The number of hydrogen-bond donors (Lipinski definition) is 0. The molecule has 0 bridgehead atoms. The topological polar surface area (TPSA) is 27.1 Å². The third kappa shape index (κ3) is 3.68. The van der Waals surface area contributed by atoms with Crippen LogP contribution < -0.4 is 4.74 Å². The molecular formula is C28H20N2O. The minimum Gasteiger partial charge on any atom is -0.497 e. The molecule has 148 valence electrons. The molecule has 1 heterocycles. The molecule has 0 aliphatic carbocycles. The average Bonchev–Trinajstić information content (AvgIpc) is 3.23. The van der Waals surface area contributed by atoms with Gasteiger partial charge in [-0.25, -0.2) is 4.98 Å². The predicted octanol–water partition coefficient (Wildman–Crippen LogP) is 6.10. The first-order chi connectivity index (χ1) is 15.3. The van der Waals surface area contributed by atoms with E-state index in [1.54, 1.807) is 7.11 Å². The molecule has 3 heteroatoms. The van der Waals surface area contributed by atoms with Gasteiger partial charge in [0, 0.05) is 22.4 Å². The van der Waals surface area contributed by atoms with E-state index in [0.717, 1.165) is 45.0 Å². The van der Waals surface area contributed by atoms with Gasteiger partial charge in [0.1, 0.15) is 11.6 Å². The van der Waals surface area contributed by atoms with Crippen molar-refractivity contribution in [2.45, 2.75) is 0 Å². The summed E-state index contributed by atoms with van der Waals surface area (Å²) in [5, 5.41) is 0. The van der Waals surface area contributed by atoms with E-state index in [1.165, 1.54) is 0 Å². The number of methoxy groups -OCH3 is 1. The Labute approximate surface area is 181 Å². The van der Waals surface area contributed by atoms with Gasteiger partial charge in [0.2, 0.25) is 0 Å². The van der Waals surface area contributed by atoms with Gasteiger partial charge in [-0.2, -0.15) is 0 Å². The number of rotatable bonds is 3. The quantitative estimate of drug-likeness (QED) is 0.342. The van der Waals surface area contributed by atoms with Gasteiger partial charge in [-0.3, -0.25) is 4.57 Å². The highest BCUT2D eigenvalue weighted by molar-refractivity contribution is 5.84. The summed E-state index contributed by atoms with van der Waals surface area (Å²) < 4.78 is 7.43. The summed E-state index contributed by atoms with van der Waals surface area (Å²) in [6.45, 7) is 0. The highest BCUT2D eigenvalue weighted by Crippen LogP contribution is 2.30. The summed E-state index contributed by atoms with van der Waals surface area (Å²) >= 11 is 0. The van der Waals surface area contributed by atoms with Crippen LogP contribution in [0.3, 0.4) is 0 Å². The van der Waals surface area contributed by atoms with Crippen LogP contribution in [-0.2, 0) is 0 Å². The van der Waals surface area contributed by atoms with Crippen LogP contribution in [0.5, 0.6) is 5.75 Å². The number of nitrogens with zero attached hydrogens (tertiary/aromatic N) is 2. The molecule has 0 N–H and O–H groups in total. The Balaban J connectivity index is 1.67. The molecule has 3 nitrogen and oxygen atoms in total. The monoisotopic (exact) mass is 400 g/mol. The van der Waals surface area contributed by atoms with Gasteiger partial charge in [0.25, 0.3) is 0 Å². The smallest absolute Gasteiger partial charge is 0.146 e. The first-order valence-electron chi connectivity index (χ1n) is 10.1. The van der Waals surface area contributed by atoms with Crippen molar-refractivity contribution >= 4 is 11.0 Å². The van der Waals surface area contributed by atoms with E-state index < -0.39 is 0 Å². The molecule has 4 aromatic carbocycles. The summed E-state index contributed by atoms with van der Waals surface area (Å²) in [5.74, 6) is 8.32. The van der Waals surface area contributed by atoms with Crippen molar-refractivity contribution in [3.05, 3.63) is 114 Å². The summed E-state index contributed by atoms with van der Waals surface area (Å²) in [4.78, 5) is 4.98. The highest BCUT2D eigenvalue weighted by atomic mass is 16.5. The predicted molar refractivity (Wildman–Crippen MR) is 125 cm³/mol. The molecule has 0 radical (unpaired) electrons. The Morgan fingerprint density at radius 3 is 2.23 bits per heavy atom. The summed E-state index contributed by atoms with van der Waals surface area (Å²) in [7, 11) is 1.66. The van der Waals surface area contributed by atoms with Gasteiger partial charge < -0.3 is 4.74 Å². The van der Waals surface area contributed by atoms with E-state index in [0.29, 0.717) is 0 Å². The van der Waals surface area contributed by atoms with Gasteiger partial charge in [-0.15, -0.1) is 0 Å². The maximum absolute atomic E-state index is 5.23. The molecular weight excluding hydrogens is 380 g/mol. The first kappa shape index (κ1) is 18.7. The normalized spacial score (nSPS) is 10.5. The Hall–Kier alpha value is -4.29. The van der Waals surface area contributed by atoms with E-state index in [-0.39, 0.29) is 0 Å². The molecule has 5 aromatic rings. The van der Waals surface area contributed by atoms with Gasteiger partial charge >= 0.3 is 0 Å². The number of para-hydroxylation sites is 3. The van der Waals surface area contributed by atoms with Crippen molar-refractivity contribution in [2.75, 3.05) is 7.11 Å². The van der Waals surface area contributed by atoms with Gasteiger partial charge in [0.15, 0.2) is 0 Å². The number of imidazole rings is 1. The van der Waals surface area contributed by atoms with Gasteiger partial charge in [0.05, 0.1) is 18.1 Å². The van der Waals surface area contributed by atoms with Crippen molar-refractivity contribution in [2.24, 2.45) is 0 Å². The maximum Gasteiger partial charge on any atom is 0.146 e. The van der Waals surface area contributed by atoms with E-state index in [9.17, 15) is 0 Å². The summed E-state index contributed by atoms with van der Waals surface area (Å²) in [5.41, 5.74) is 5.98. The third-order valence-corrected chi connectivity index (χ3v) is 5.17. The van der Waals surface area contributed by atoms with Crippen molar-refractivity contribution in [3.63, 3.8) is 0 Å². The molecule has 0 atom stereocenters. The Morgan fingerprint density at radius 1 is 0.710 bits per heavy atom. The molecule has 5 rings (SSSR count). The lowest BCUT2D eigenvalue weighted by molar-refractivity contribution is 0.415. The fraction of sp³-hybridized carbons (Fsp3) is 0.0357. The second-order valence-electron chi connectivity index (χ2n) is 7.12. The molecule has 1 aromatic heterocycles. The number of ether oxygens (including phenoxy) is 1. The van der Waals surface area contributed by atoms with Crippen molar-refractivity contribution < 1.29 is 4.74 Å². The maximum atomic E-state index is 5.23. The van der Waals surface area contributed by atoms with Crippen molar-refractivity contribution in [1.82, 2.24) is 9.55 Å². The number of benzene rings is 4. The fourth-order valence-corrected chi connectivity index (χ4v) is 3.65. The summed E-state index contributed by atoms with van der Waals surface area (Å²) in [6, 6.07) is 34.5. The van der Waals surface area contributed by atoms with Crippen LogP contribution in [0.1, 0.15) is 11.1 Å². The molecule has 0 unspecified atom stereocenters. The van der Waals surface area contributed by atoms with Crippen LogP contribution in [0.25, 0.3) is 28.1 Å². The lowest BCUT2D eigenvalue weighted by atomic mass is 10.1. The minimum atomic E-state index is 0.822. The lowest BCUT2D eigenvalue weighted by Crippen LogP contribution is -1.98. The Morgan fingerprint density at radius 2 is 1.42 bits per heavy atom. The van der Waals surface area contributed by atoms with Crippen LogP contribution in [0, 0.1) is 11.8 Å². The second kappa shape index (κ2) is 8.22. The van der Waals surface area contributed by atoms with Crippen LogP contribution in [-0.4, -0.2) is 16.7 Å². The van der Waals surface area contributed by atoms with Crippen LogP contribution >= 0.6 is 0 Å². The number of aromatic nitrogens is 2. The summed E-state index contributed by atoms with van der Waals surface area (Å²) in [6.07, 6.45) is 0. The van der Waals surface area contributed by atoms with Crippen LogP contribution in [0.15, 0.2) is 103 Å². The number of hydrogen-bond acceptors (Lipinski definition) is 2. The zero-order chi connectivity index (χ0) is 21.0. The first-order valence-corrected chi connectivity index (χ1v) is 10.1. The van der Waals surface area contributed by atoms with Crippen molar-refractivity contribution in [3.8, 4) is 34.7 Å².